The topological polar surface area (TPSA) is 9.23 Å². The first-order valence-corrected chi connectivity index (χ1v) is 5.27. The van der Waals surface area contributed by atoms with Gasteiger partial charge in [0.15, 0.2) is 0 Å². The Balaban J connectivity index is 0.00000162. The average molecular weight is 358 g/mol. The molecule has 0 unspecified atom stereocenters. The van der Waals surface area contributed by atoms with Crippen molar-refractivity contribution in [3.05, 3.63) is 64.7 Å². The third-order valence-electron chi connectivity index (χ3n) is 2.14. The van der Waals surface area contributed by atoms with Gasteiger partial charge in [-0.2, -0.15) is 23.7 Å². The molecule has 19 heavy (non-hydrogen) atoms. The van der Waals surface area contributed by atoms with E-state index in [0.29, 0.717) is 10.8 Å². The van der Waals surface area contributed by atoms with Crippen LogP contribution in [0.15, 0.2) is 36.4 Å². The van der Waals surface area contributed by atoms with Crippen LogP contribution in [0.2, 0.25) is 5.02 Å². The van der Waals surface area contributed by atoms with Crippen LogP contribution < -0.4 is 21.7 Å². The summed E-state index contributed by atoms with van der Waals surface area (Å²) in [5.41, 5.74) is 0.161. The molecule has 0 heterocycles. The van der Waals surface area contributed by atoms with Crippen LogP contribution in [-0.4, -0.2) is 23.1 Å². The first kappa shape index (κ1) is 18.6. The molecule has 0 aromatic heterocycles. The molecular formula is C13H8BrClF2MgO. The fourth-order valence-corrected chi connectivity index (χ4v) is 1.41. The monoisotopic (exact) mass is 356 g/mol. The van der Waals surface area contributed by atoms with Crippen molar-refractivity contribution in [2.75, 3.05) is 0 Å². The Hall–Kier alpha value is -0.364. The van der Waals surface area contributed by atoms with Crippen molar-refractivity contribution in [2.45, 2.75) is 6.61 Å². The number of ether oxygens (including phenoxy) is 1. The second kappa shape index (κ2) is 8.74. The maximum atomic E-state index is 13.3. The van der Waals surface area contributed by atoms with Crippen molar-refractivity contribution in [1.29, 1.82) is 0 Å². The van der Waals surface area contributed by atoms with Crippen LogP contribution >= 0.6 is 11.6 Å². The minimum Gasteiger partial charge on any atom is -1.00 e. The summed E-state index contributed by atoms with van der Waals surface area (Å²) in [7, 11) is 0. The third kappa shape index (κ3) is 5.65. The molecule has 0 bridgehead atoms. The fourth-order valence-electron chi connectivity index (χ4n) is 1.29. The van der Waals surface area contributed by atoms with Crippen LogP contribution in [0.3, 0.4) is 0 Å². The van der Waals surface area contributed by atoms with E-state index in [2.05, 4.69) is 6.07 Å². The number of rotatable bonds is 3. The van der Waals surface area contributed by atoms with Crippen LogP contribution in [0.4, 0.5) is 8.78 Å². The van der Waals surface area contributed by atoms with Crippen LogP contribution in [0.1, 0.15) is 5.56 Å². The van der Waals surface area contributed by atoms with Gasteiger partial charge in [-0.25, -0.2) is 8.78 Å². The molecule has 0 amide bonds. The maximum Gasteiger partial charge on any atom is 2.00 e. The molecule has 2 aromatic rings. The largest absolute Gasteiger partial charge is 2.00 e. The van der Waals surface area contributed by atoms with Gasteiger partial charge in [0, 0.05) is 11.3 Å². The van der Waals surface area contributed by atoms with E-state index in [1.165, 1.54) is 0 Å². The quantitative estimate of drug-likeness (QED) is 0.578. The zero-order valence-corrected chi connectivity index (χ0v) is 13.6. The van der Waals surface area contributed by atoms with Crippen LogP contribution in [0.25, 0.3) is 0 Å². The molecule has 2 aromatic carbocycles. The summed E-state index contributed by atoms with van der Waals surface area (Å²) in [6, 6.07) is 10.8. The molecule has 0 N–H and O–H groups in total. The van der Waals surface area contributed by atoms with Crippen molar-refractivity contribution < 1.29 is 30.5 Å². The van der Waals surface area contributed by atoms with Crippen molar-refractivity contribution in [3.63, 3.8) is 0 Å². The molecule has 1 nitrogen and oxygen atoms in total. The Bertz CT molecular complexity index is 523. The minimum absolute atomic E-state index is 0. The van der Waals surface area contributed by atoms with Crippen LogP contribution in [-0.2, 0) is 6.61 Å². The fraction of sp³-hybridized carbons (Fsp3) is 0.0769. The molecule has 0 saturated heterocycles. The predicted octanol–water partition coefficient (Wildman–Crippen LogP) is 0.621. The second-order valence-electron chi connectivity index (χ2n) is 3.40. The molecular weight excluding hydrogens is 350 g/mol. The summed E-state index contributed by atoms with van der Waals surface area (Å²) in [5, 5.41) is 0.536. The van der Waals surface area contributed by atoms with Gasteiger partial charge in [0.1, 0.15) is 18.2 Å². The van der Waals surface area contributed by atoms with Gasteiger partial charge in [-0.15, -0.1) is 12.1 Å². The van der Waals surface area contributed by atoms with Gasteiger partial charge in [-0.1, -0.05) is 5.02 Å². The number of benzene rings is 2. The van der Waals surface area contributed by atoms with E-state index in [1.54, 1.807) is 18.2 Å². The van der Waals surface area contributed by atoms with E-state index in [1.807, 2.05) is 0 Å². The van der Waals surface area contributed by atoms with Gasteiger partial charge in [0.2, 0.25) is 0 Å². The van der Waals surface area contributed by atoms with Gasteiger partial charge >= 0.3 is 23.1 Å². The van der Waals surface area contributed by atoms with Gasteiger partial charge < -0.3 is 21.7 Å². The van der Waals surface area contributed by atoms with Crippen molar-refractivity contribution in [1.82, 2.24) is 0 Å². The Labute approximate surface area is 141 Å². The molecule has 2 rings (SSSR count). The first-order valence-electron chi connectivity index (χ1n) is 4.89. The third-order valence-corrected chi connectivity index (χ3v) is 2.37. The molecule has 0 spiro atoms. The molecule has 0 aliphatic rings. The smallest absolute Gasteiger partial charge is 1.00 e. The van der Waals surface area contributed by atoms with E-state index >= 15 is 0 Å². The summed E-state index contributed by atoms with van der Waals surface area (Å²) in [4.78, 5) is 0. The molecule has 0 aliphatic heterocycles. The number of halogens is 4. The van der Waals surface area contributed by atoms with Crippen molar-refractivity contribution in [3.8, 4) is 5.75 Å². The Kier molecular flexibility index (Phi) is 8.57. The normalized spacial score (nSPS) is 9.21. The first-order chi connectivity index (χ1) is 8.15. The van der Waals surface area contributed by atoms with Crippen LogP contribution in [0.5, 0.6) is 5.75 Å². The van der Waals surface area contributed by atoms with E-state index in [9.17, 15) is 8.78 Å². The summed E-state index contributed by atoms with van der Waals surface area (Å²) in [6.45, 7) is -0.0538. The van der Waals surface area contributed by atoms with E-state index in [4.69, 9.17) is 16.3 Å². The second-order valence-corrected chi connectivity index (χ2v) is 3.83. The standard InChI is InChI=1S/C13H8ClF2O.BrH.Mg/c14-10-1-4-12(5-2-10)17-8-9-7-11(15)3-6-13(9)16;;/h1-4,6-7H,8H2;1H;/q-1;;+2/p-1. The molecule has 96 valence electrons. The van der Waals surface area contributed by atoms with Crippen molar-refractivity contribution in [2.24, 2.45) is 0 Å². The number of hydrogen-bond acceptors (Lipinski definition) is 1. The zero-order chi connectivity index (χ0) is 12.3. The molecule has 0 fully saturated rings. The van der Waals surface area contributed by atoms with Gasteiger partial charge in [-0.05, 0) is 18.2 Å². The average Bonchev–Trinajstić information content (AvgIpc) is 2.32. The zero-order valence-electron chi connectivity index (χ0n) is 9.80. The number of hydrogen-bond donors (Lipinski definition) is 0. The SMILES string of the molecule is Fc1ccc(F)c(COc2[c-]cc(Cl)cc2)c1.[Br-].[Mg+2]. The molecule has 0 saturated carbocycles. The molecule has 0 radical (unpaired) electrons. The van der Waals surface area contributed by atoms with Crippen LogP contribution in [0, 0.1) is 17.7 Å². The molecule has 6 heteroatoms. The minimum atomic E-state index is -0.500. The molecule has 0 aliphatic carbocycles. The van der Waals surface area contributed by atoms with Crippen molar-refractivity contribution >= 4 is 34.7 Å². The van der Waals surface area contributed by atoms with E-state index in [-0.39, 0.29) is 52.2 Å². The summed E-state index contributed by atoms with van der Waals surface area (Å²) in [6.07, 6.45) is 0. The Morgan fingerprint density at radius 1 is 1.16 bits per heavy atom. The Morgan fingerprint density at radius 3 is 2.53 bits per heavy atom. The predicted molar refractivity (Wildman–Crippen MR) is 66.7 cm³/mol. The van der Waals surface area contributed by atoms with Gasteiger partial charge in [0.05, 0.1) is 0 Å². The summed E-state index contributed by atoms with van der Waals surface area (Å²) in [5.74, 6) is -0.566. The summed E-state index contributed by atoms with van der Waals surface area (Å²) < 4.78 is 31.4. The molecule has 0 atom stereocenters. The van der Waals surface area contributed by atoms with E-state index in [0.717, 1.165) is 18.2 Å². The van der Waals surface area contributed by atoms with Gasteiger partial charge in [0.25, 0.3) is 0 Å². The van der Waals surface area contributed by atoms with E-state index < -0.39 is 11.6 Å². The maximum absolute atomic E-state index is 13.3. The Morgan fingerprint density at radius 2 is 1.89 bits per heavy atom. The summed E-state index contributed by atoms with van der Waals surface area (Å²) >= 11 is 5.68. The van der Waals surface area contributed by atoms with Gasteiger partial charge in [-0.3, -0.25) is 0 Å².